The second-order valence-electron chi connectivity index (χ2n) is 5.81. The monoisotopic (exact) mass is 289 g/mol. The van der Waals surface area contributed by atoms with Crippen molar-refractivity contribution in [2.24, 2.45) is 5.41 Å². The molecule has 0 aliphatic carbocycles. The van der Waals surface area contributed by atoms with Gasteiger partial charge in [0.1, 0.15) is 0 Å². The highest BCUT2D eigenvalue weighted by Gasteiger charge is 2.46. The van der Waals surface area contributed by atoms with Crippen molar-refractivity contribution in [2.75, 3.05) is 32.4 Å². The normalized spacial score (nSPS) is 25.0. The number of likely N-dealkylation sites (tertiary alicyclic amines) is 1. The van der Waals surface area contributed by atoms with E-state index in [-0.39, 0.29) is 21.7 Å². The smallest absolute Gasteiger partial charge is 0.317 e. The Bertz CT molecular complexity index is 343. The summed E-state index contributed by atoms with van der Waals surface area (Å²) < 4.78 is 2.39. The standard InChI is InChI=1S/C12H23N3OS2/c1-10(2)13-11(16)14-8-12(9-14)4-6-15(7-5-12)18(3)17/h10H,4-9H2,1-3H3,(H,13,16). The van der Waals surface area contributed by atoms with Crippen LogP contribution in [0.25, 0.3) is 0 Å². The van der Waals surface area contributed by atoms with Crippen LogP contribution >= 0.6 is 0 Å². The molecule has 2 rings (SSSR count). The molecule has 2 saturated heterocycles. The summed E-state index contributed by atoms with van der Waals surface area (Å²) in [5.41, 5.74) is 0.388. The summed E-state index contributed by atoms with van der Waals surface area (Å²) in [6.07, 6.45) is 4.48. The largest absolute Gasteiger partial charge is 0.336 e. The predicted molar refractivity (Wildman–Crippen MR) is 79.1 cm³/mol. The summed E-state index contributed by atoms with van der Waals surface area (Å²) in [6.45, 7) is 8.05. The van der Waals surface area contributed by atoms with Crippen molar-refractivity contribution in [3.05, 3.63) is 0 Å². The number of carbonyl (C=O) groups excluding carboxylic acids is 1. The molecule has 2 fully saturated rings. The van der Waals surface area contributed by atoms with Gasteiger partial charge in [0.15, 0.2) is 0 Å². The van der Waals surface area contributed by atoms with Gasteiger partial charge in [-0.1, -0.05) is 9.64 Å². The van der Waals surface area contributed by atoms with E-state index in [9.17, 15) is 4.79 Å². The molecule has 0 aromatic rings. The van der Waals surface area contributed by atoms with Crippen molar-refractivity contribution in [3.63, 3.8) is 0 Å². The third-order valence-corrected chi connectivity index (χ3v) is 5.62. The first-order chi connectivity index (χ1) is 8.42. The lowest BCUT2D eigenvalue weighted by atomic mass is 9.72. The zero-order chi connectivity index (χ0) is 13.3. The number of nitrogens with zero attached hydrogens (tertiary/aromatic N) is 2. The highest BCUT2D eigenvalue weighted by atomic mass is 32.8. The maximum Gasteiger partial charge on any atom is 0.317 e. The molecule has 104 valence electrons. The molecule has 0 saturated carbocycles. The molecular formula is C12H23N3OS2. The number of carbonyl (C=O) groups is 1. The Hall–Kier alpha value is -0.200. The van der Waals surface area contributed by atoms with E-state index < -0.39 is 0 Å². The minimum Gasteiger partial charge on any atom is -0.336 e. The predicted octanol–water partition coefficient (Wildman–Crippen LogP) is 1.13. The first-order valence-corrected chi connectivity index (χ1v) is 9.07. The molecule has 1 atom stereocenters. The van der Waals surface area contributed by atoms with Crippen LogP contribution in [0.4, 0.5) is 4.79 Å². The molecule has 2 amide bonds. The average molecular weight is 289 g/mol. The first-order valence-electron chi connectivity index (χ1n) is 6.56. The van der Waals surface area contributed by atoms with Gasteiger partial charge in [0.2, 0.25) is 0 Å². The molecule has 0 aromatic heterocycles. The van der Waals surface area contributed by atoms with Crippen LogP contribution in [0, 0.1) is 5.41 Å². The van der Waals surface area contributed by atoms with Crippen LogP contribution in [-0.2, 0) is 20.8 Å². The number of rotatable bonds is 2. The summed E-state index contributed by atoms with van der Waals surface area (Å²) in [6, 6.07) is 0.315. The molecule has 2 aliphatic heterocycles. The number of amides is 2. The summed E-state index contributed by atoms with van der Waals surface area (Å²) in [7, 11) is -0.0147. The molecule has 4 nitrogen and oxygen atoms in total. The molecule has 6 heteroatoms. The number of nitrogens with one attached hydrogen (secondary N) is 1. The second kappa shape index (κ2) is 5.43. The highest BCUT2D eigenvalue weighted by Crippen LogP contribution is 2.40. The molecule has 0 radical (unpaired) electrons. The van der Waals surface area contributed by atoms with E-state index in [2.05, 4.69) is 15.9 Å². The summed E-state index contributed by atoms with van der Waals surface area (Å²) >= 11 is 5.32. The first kappa shape index (κ1) is 14.2. The molecule has 18 heavy (non-hydrogen) atoms. The van der Waals surface area contributed by atoms with Gasteiger partial charge in [0.05, 0.1) is 0 Å². The Balaban J connectivity index is 1.79. The van der Waals surface area contributed by atoms with E-state index in [0.717, 1.165) is 26.2 Å². The zero-order valence-corrected chi connectivity index (χ0v) is 13.1. The Morgan fingerprint density at radius 2 is 1.89 bits per heavy atom. The van der Waals surface area contributed by atoms with Gasteiger partial charge in [-0.25, -0.2) is 9.10 Å². The minimum absolute atomic E-state index is 0.0147. The van der Waals surface area contributed by atoms with E-state index in [0.29, 0.717) is 5.41 Å². The SMILES string of the molecule is CC(C)NC(=O)N1CC2(CCN(S(C)=S)CC2)C1. The van der Waals surface area contributed by atoms with Crippen molar-refractivity contribution < 1.29 is 4.79 Å². The molecule has 1 spiro atoms. The van der Waals surface area contributed by atoms with Crippen molar-refractivity contribution in [2.45, 2.75) is 32.7 Å². The summed E-state index contributed by atoms with van der Waals surface area (Å²) in [4.78, 5) is 13.8. The molecule has 0 aromatic carbocycles. The summed E-state index contributed by atoms with van der Waals surface area (Å²) in [5, 5.41) is 2.95. The lowest BCUT2D eigenvalue weighted by molar-refractivity contribution is -0.00617. The van der Waals surface area contributed by atoms with Gasteiger partial charge < -0.3 is 10.2 Å². The summed E-state index contributed by atoms with van der Waals surface area (Å²) in [5.74, 6) is 0. The van der Waals surface area contributed by atoms with E-state index in [1.807, 2.05) is 18.7 Å². The Kier molecular flexibility index (Phi) is 4.29. The van der Waals surface area contributed by atoms with Gasteiger partial charge in [-0.3, -0.25) is 0 Å². The number of urea groups is 1. The number of hydrogen-bond acceptors (Lipinski definition) is 2. The number of piperidine rings is 1. The molecule has 2 heterocycles. The van der Waals surface area contributed by atoms with E-state index in [1.54, 1.807) is 0 Å². The fraction of sp³-hybridized carbons (Fsp3) is 0.917. The molecule has 2 aliphatic rings. The second-order valence-corrected chi connectivity index (χ2v) is 8.62. The van der Waals surface area contributed by atoms with Crippen molar-refractivity contribution in [3.8, 4) is 0 Å². The van der Waals surface area contributed by atoms with Crippen LogP contribution in [0.15, 0.2) is 0 Å². The lowest BCUT2D eigenvalue weighted by Gasteiger charge is -2.53. The van der Waals surface area contributed by atoms with Gasteiger partial charge in [-0.15, -0.1) is 0 Å². The Morgan fingerprint density at radius 1 is 1.33 bits per heavy atom. The van der Waals surface area contributed by atoms with E-state index in [1.165, 1.54) is 12.8 Å². The maximum absolute atomic E-state index is 11.8. The van der Waals surface area contributed by atoms with Crippen molar-refractivity contribution in [1.29, 1.82) is 0 Å². The third kappa shape index (κ3) is 3.03. The lowest BCUT2D eigenvalue weighted by Crippen LogP contribution is -2.64. The molecular weight excluding hydrogens is 266 g/mol. The fourth-order valence-electron chi connectivity index (χ4n) is 2.78. The van der Waals surface area contributed by atoms with Crippen LogP contribution in [0.5, 0.6) is 0 Å². The van der Waals surface area contributed by atoms with Gasteiger partial charge in [-0.05, 0) is 37.9 Å². The van der Waals surface area contributed by atoms with Crippen molar-refractivity contribution >= 4 is 26.9 Å². The van der Waals surface area contributed by atoms with Gasteiger partial charge in [-0.2, -0.15) is 0 Å². The van der Waals surface area contributed by atoms with Crippen molar-refractivity contribution in [1.82, 2.24) is 14.5 Å². The van der Waals surface area contributed by atoms with Gasteiger partial charge >= 0.3 is 6.03 Å². The molecule has 0 bridgehead atoms. The minimum atomic E-state index is -0.0147. The maximum atomic E-state index is 11.8. The topological polar surface area (TPSA) is 35.6 Å². The zero-order valence-electron chi connectivity index (χ0n) is 11.4. The van der Waals surface area contributed by atoms with Crippen LogP contribution in [0.2, 0.25) is 0 Å². The van der Waals surface area contributed by atoms with Crippen LogP contribution in [0.3, 0.4) is 0 Å². The van der Waals surface area contributed by atoms with Crippen LogP contribution in [-0.4, -0.2) is 53.7 Å². The quantitative estimate of drug-likeness (QED) is 0.828. The molecule has 1 unspecified atom stereocenters. The van der Waals surface area contributed by atoms with Gasteiger partial charge in [0, 0.05) is 43.9 Å². The molecule has 1 N–H and O–H groups in total. The Morgan fingerprint density at radius 3 is 2.33 bits per heavy atom. The van der Waals surface area contributed by atoms with Gasteiger partial charge in [0.25, 0.3) is 0 Å². The highest BCUT2D eigenvalue weighted by molar-refractivity contribution is 8.27. The average Bonchev–Trinajstić information content (AvgIpc) is 2.24. The van der Waals surface area contributed by atoms with E-state index >= 15 is 0 Å². The third-order valence-electron chi connectivity index (χ3n) is 3.90. The number of hydrogen-bond donors (Lipinski definition) is 1. The van der Waals surface area contributed by atoms with Crippen LogP contribution in [0.1, 0.15) is 26.7 Å². The van der Waals surface area contributed by atoms with E-state index in [4.69, 9.17) is 11.2 Å². The Labute approximate surface area is 117 Å². The fourth-order valence-corrected chi connectivity index (χ4v) is 3.92. The van der Waals surface area contributed by atoms with Crippen LogP contribution < -0.4 is 5.32 Å².